The standard InChI is InChI=1S/C72H47N3OS2/c1-4-18-48(19-5-1)49-34-39-54(40-35-49)73(55-41-36-50(37-42-55)51-38-43-68-64(44-51)59-24-10-13-31-67(59)76-68)56-45-57(74(52-20-6-2-7-21-52)65-29-16-27-62-60-25-11-14-32-69(60)77-71(62)65)47-58(46-56)75(53-22-8-3-9-23-53)66-30-17-28-63-61-26-12-15-33-70(61)78-72(63)66/h1-47H. The first-order chi connectivity index (χ1) is 38.7. The van der Waals surface area contributed by atoms with Gasteiger partial charge in [-0.25, -0.2) is 0 Å². The van der Waals surface area contributed by atoms with Gasteiger partial charge >= 0.3 is 0 Å². The van der Waals surface area contributed by atoms with Crippen LogP contribution >= 0.6 is 22.7 Å². The summed E-state index contributed by atoms with van der Waals surface area (Å²) in [6.45, 7) is 0. The maximum absolute atomic E-state index is 6.25. The molecule has 15 rings (SSSR count). The molecule has 15 aromatic rings. The molecule has 0 aliphatic heterocycles. The van der Waals surface area contributed by atoms with Crippen LogP contribution in [0.2, 0.25) is 0 Å². The summed E-state index contributed by atoms with van der Waals surface area (Å²) in [7, 11) is 0. The van der Waals surface area contributed by atoms with Crippen LogP contribution < -0.4 is 14.7 Å². The first-order valence-corrected chi connectivity index (χ1v) is 27.9. The third-order valence-electron chi connectivity index (χ3n) is 15.0. The molecule has 0 amide bonds. The number of hydrogen-bond acceptors (Lipinski definition) is 6. The smallest absolute Gasteiger partial charge is 0.135 e. The van der Waals surface area contributed by atoms with Crippen molar-refractivity contribution in [1.82, 2.24) is 0 Å². The summed E-state index contributed by atoms with van der Waals surface area (Å²) in [5.41, 5.74) is 15.8. The molecule has 0 unspecified atom stereocenters. The van der Waals surface area contributed by atoms with Crippen molar-refractivity contribution < 1.29 is 4.42 Å². The van der Waals surface area contributed by atoms with Gasteiger partial charge in [-0.15, -0.1) is 22.7 Å². The Labute approximate surface area is 459 Å². The van der Waals surface area contributed by atoms with E-state index in [1.165, 1.54) is 45.9 Å². The van der Waals surface area contributed by atoms with Crippen molar-refractivity contribution in [2.24, 2.45) is 0 Å². The Morgan fingerprint density at radius 3 is 1.15 bits per heavy atom. The normalized spacial score (nSPS) is 11.6. The van der Waals surface area contributed by atoms with Crippen LogP contribution in [-0.2, 0) is 0 Å². The second-order valence-electron chi connectivity index (χ2n) is 19.7. The van der Waals surface area contributed by atoms with E-state index in [0.29, 0.717) is 0 Å². The molecule has 0 spiro atoms. The van der Waals surface area contributed by atoms with Crippen molar-refractivity contribution in [1.29, 1.82) is 0 Å². The number of fused-ring (bicyclic) bond motifs is 9. The van der Waals surface area contributed by atoms with E-state index in [9.17, 15) is 0 Å². The van der Waals surface area contributed by atoms with E-state index < -0.39 is 0 Å². The summed E-state index contributed by atoms with van der Waals surface area (Å²) >= 11 is 3.70. The van der Waals surface area contributed by atoms with E-state index in [2.05, 4.69) is 288 Å². The van der Waals surface area contributed by atoms with Crippen molar-refractivity contribution in [3.05, 3.63) is 285 Å². The molecule has 0 atom stereocenters. The highest BCUT2D eigenvalue weighted by Gasteiger charge is 2.26. The summed E-state index contributed by atoms with van der Waals surface area (Å²) < 4.78 is 11.2. The minimum absolute atomic E-state index is 0.888. The van der Waals surface area contributed by atoms with Crippen LogP contribution in [0.25, 0.3) is 84.5 Å². The zero-order chi connectivity index (χ0) is 51.5. The van der Waals surface area contributed by atoms with Crippen molar-refractivity contribution in [3.8, 4) is 22.3 Å². The molecular formula is C72H47N3OS2. The first-order valence-electron chi connectivity index (χ1n) is 26.3. The van der Waals surface area contributed by atoms with Crippen LogP contribution in [-0.4, -0.2) is 0 Å². The minimum atomic E-state index is 0.888. The van der Waals surface area contributed by atoms with Gasteiger partial charge in [0, 0.05) is 64.5 Å². The number of benzene rings is 12. The Bertz CT molecular complexity index is 4510. The highest BCUT2D eigenvalue weighted by Crippen LogP contribution is 2.51. The Hall–Kier alpha value is -9.72. The summed E-state index contributed by atoms with van der Waals surface area (Å²) in [5, 5.41) is 7.25. The third-order valence-corrected chi connectivity index (χ3v) is 17.4. The van der Waals surface area contributed by atoms with Gasteiger partial charge in [0.1, 0.15) is 11.2 Å². The number of hydrogen-bond donors (Lipinski definition) is 0. The second-order valence-corrected chi connectivity index (χ2v) is 21.8. The maximum atomic E-state index is 6.25. The van der Waals surface area contributed by atoms with Crippen LogP contribution in [0, 0.1) is 0 Å². The molecule has 3 heterocycles. The monoisotopic (exact) mass is 1030 g/mol. The molecule has 12 aromatic carbocycles. The number of nitrogens with zero attached hydrogens (tertiary/aromatic N) is 3. The fourth-order valence-corrected chi connectivity index (χ4v) is 13.8. The molecule has 4 nitrogen and oxygen atoms in total. The minimum Gasteiger partial charge on any atom is -0.456 e. The SMILES string of the molecule is c1ccc(-c2ccc(N(c3ccc(-c4ccc5oc6ccccc6c5c4)cc3)c3cc(N(c4ccccc4)c4cccc5c4sc4ccccc45)cc(N(c4ccccc4)c4cccc5c4sc4ccccc45)c3)cc2)cc1. The number of anilines is 9. The van der Waals surface area contributed by atoms with E-state index in [4.69, 9.17) is 4.42 Å². The maximum Gasteiger partial charge on any atom is 0.135 e. The van der Waals surface area contributed by atoms with Gasteiger partial charge in [-0.3, -0.25) is 0 Å². The fraction of sp³-hybridized carbons (Fsp3) is 0. The molecule has 0 aliphatic rings. The van der Waals surface area contributed by atoms with Gasteiger partial charge in [0.2, 0.25) is 0 Å². The average molecular weight is 1030 g/mol. The van der Waals surface area contributed by atoms with E-state index >= 15 is 0 Å². The summed E-state index contributed by atoms with van der Waals surface area (Å²) in [6.07, 6.45) is 0. The van der Waals surface area contributed by atoms with E-state index in [0.717, 1.165) is 89.8 Å². The topological polar surface area (TPSA) is 22.9 Å². The van der Waals surface area contributed by atoms with E-state index in [1.807, 2.05) is 34.8 Å². The average Bonchev–Trinajstić information content (AvgIpc) is 4.22. The third kappa shape index (κ3) is 7.97. The lowest BCUT2D eigenvalue weighted by atomic mass is 10.0. The van der Waals surface area contributed by atoms with Crippen molar-refractivity contribution in [3.63, 3.8) is 0 Å². The Kier molecular flexibility index (Phi) is 11.2. The molecule has 0 fully saturated rings. The molecule has 0 radical (unpaired) electrons. The highest BCUT2D eigenvalue weighted by molar-refractivity contribution is 7.26. The first kappa shape index (κ1) is 45.7. The van der Waals surface area contributed by atoms with E-state index in [-0.39, 0.29) is 0 Å². The van der Waals surface area contributed by atoms with Crippen molar-refractivity contribution in [2.45, 2.75) is 0 Å². The molecule has 0 aliphatic carbocycles. The molecular weight excluding hydrogens is 987 g/mol. The molecule has 6 heteroatoms. The second kappa shape index (κ2) is 19.1. The summed E-state index contributed by atoms with van der Waals surface area (Å²) in [6, 6.07) is 103. The predicted molar refractivity (Wildman–Crippen MR) is 334 cm³/mol. The van der Waals surface area contributed by atoms with Gasteiger partial charge in [-0.2, -0.15) is 0 Å². The molecule has 0 saturated heterocycles. The van der Waals surface area contributed by atoms with Crippen LogP contribution in [0.15, 0.2) is 290 Å². The van der Waals surface area contributed by atoms with Gasteiger partial charge in [-0.05, 0) is 131 Å². The Morgan fingerprint density at radius 1 is 0.231 bits per heavy atom. The quantitative estimate of drug-likeness (QED) is 0.129. The lowest BCUT2D eigenvalue weighted by Crippen LogP contribution is -2.16. The Morgan fingerprint density at radius 2 is 0.615 bits per heavy atom. The van der Waals surface area contributed by atoms with Crippen molar-refractivity contribution >= 4 is 136 Å². The fourth-order valence-electron chi connectivity index (χ4n) is 11.4. The number of para-hydroxylation sites is 3. The predicted octanol–water partition coefficient (Wildman–Crippen LogP) is 22.1. The molecule has 78 heavy (non-hydrogen) atoms. The van der Waals surface area contributed by atoms with Crippen LogP contribution in [0.3, 0.4) is 0 Å². The zero-order valence-electron chi connectivity index (χ0n) is 42.2. The number of thiophene rings is 2. The van der Waals surface area contributed by atoms with Gasteiger partial charge in [0.15, 0.2) is 0 Å². The highest BCUT2D eigenvalue weighted by atomic mass is 32.1. The van der Waals surface area contributed by atoms with Crippen molar-refractivity contribution in [2.75, 3.05) is 14.7 Å². The lowest BCUT2D eigenvalue weighted by molar-refractivity contribution is 0.669. The van der Waals surface area contributed by atoms with Gasteiger partial charge < -0.3 is 19.1 Å². The number of furan rings is 1. The van der Waals surface area contributed by atoms with E-state index in [1.54, 1.807) is 0 Å². The molecule has 0 N–H and O–H groups in total. The van der Waals surface area contributed by atoms with Gasteiger partial charge in [0.25, 0.3) is 0 Å². The summed E-state index contributed by atoms with van der Waals surface area (Å²) in [5.74, 6) is 0. The molecule has 0 bridgehead atoms. The molecule has 3 aromatic heterocycles. The summed E-state index contributed by atoms with van der Waals surface area (Å²) in [4.78, 5) is 7.34. The van der Waals surface area contributed by atoms with Crippen LogP contribution in [0.4, 0.5) is 51.2 Å². The number of rotatable bonds is 11. The zero-order valence-corrected chi connectivity index (χ0v) is 43.8. The largest absolute Gasteiger partial charge is 0.456 e. The van der Waals surface area contributed by atoms with Gasteiger partial charge in [-0.1, -0.05) is 176 Å². The lowest BCUT2D eigenvalue weighted by Gasteiger charge is -2.33. The van der Waals surface area contributed by atoms with Crippen LogP contribution in [0.5, 0.6) is 0 Å². The van der Waals surface area contributed by atoms with Gasteiger partial charge in [0.05, 0.1) is 37.8 Å². The molecule has 0 saturated carbocycles. The molecule has 368 valence electrons. The Balaban J connectivity index is 0.987. The van der Waals surface area contributed by atoms with Crippen LogP contribution in [0.1, 0.15) is 0 Å².